The lowest BCUT2D eigenvalue weighted by molar-refractivity contribution is 0.0295. The molecule has 3 atom stereocenters. The van der Waals surface area contributed by atoms with Crippen molar-refractivity contribution < 1.29 is 0 Å². The summed E-state index contributed by atoms with van der Waals surface area (Å²) in [5.74, 6) is 2.57. The zero-order valence-electron chi connectivity index (χ0n) is 14.6. The molecule has 2 heterocycles. The van der Waals surface area contributed by atoms with E-state index in [2.05, 4.69) is 42.9 Å². The van der Waals surface area contributed by atoms with Crippen molar-refractivity contribution in [3.63, 3.8) is 0 Å². The molecule has 3 unspecified atom stereocenters. The Morgan fingerprint density at radius 1 is 1.24 bits per heavy atom. The summed E-state index contributed by atoms with van der Waals surface area (Å²) in [6.45, 7) is 13.6. The van der Waals surface area contributed by atoms with Gasteiger partial charge < -0.3 is 10.2 Å². The summed E-state index contributed by atoms with van der Waals surface area (Å²) < 4.78 is 0. The van der Waals surface area contributed by atoms with Crippen LogP contribution in [0.4, 0.5) is 0 Å². The average molecular weight is 293 g/mol. The first-order valence-electron chi connectivity index (χ1n) is 9.15. The van der Waals surface area contributed by atoms with E-state index in [9.17, 15) is 0 Å². The highest BCUT2D eigenvalue weighted by Crippen LogP contribution is 2.42. The van der Waals surface area contributed by atoms with E-state index >= 15 is 0 Å². The van der Waals surface area contributed by atoms with E-state index in [1.807, 2.05) is 0 Å². The van der Waals surface area contributed by atoms with Crippen LogP contribution in [0.2, 0.25) is 0 Å². The summed E-state index contributed by atoms with van der Waals surface area (Å²) in [6, 6.07) is 0.726. The maximum atomic E-state index is 3.91. The number of nitrogens with one attached hydrogen (secondary N) is 1. The van der Waals surface area contributed by atoms with Crippen LogP contribution in [0.3, 0.4) is 0 Å². The molecule has 2 saturated heterocycles. The normalized spacial score (nSPS) is 39.9. The van der Waals surface area contributed by atoms with Crippen LogP contribution in [0.15, 0.2) is 0 Å². The molecule has 0 aromatic carbocycles. The van der Waals surface area contributed by atoms with Crippen molar-refractivity contribution in [3.8, 4) is 0 Å². The van der Waals surface area contributed by atoms with E-state index in [1.165, 1.54) is 58.4 Å². The highest BCUT2D eigenvalue weighted by molar-refractivity contribution is 5.04. The molecule has 2 aliphatic heterocycles. The Kier molecular flexibility index (Phi) is 4.63. The van der Waals surface area contributed by atoms with E-state index in [0.29, 0.717) is 5.54 Å². The Bertz CT molecular complexity index is 352. The lowest BCUT2D eigenvalue weighted by atomic mass is 9.86. The summed E-state index contributed by atoms with van der Waals surface area (Å²) in [5, 5.41) is 3.91. The highest BCUT2D eigenvalue weighted by atomic mass is 15.3. The monoisotopic (exact) mass is 293 g/mol. The van der Waals surface area contributed by atoms with Gasteiger partial charge in [0, 0.05) is 37.8 Å². The molecule has 3 fully saturated rings. The van der Waals surface area contributed by atoms with Gasteiger partial charge in [-0.05, 0) is 64.0 Å². The third-order valence-electron chi connectivity index (χ3n) is 6.18. The Balaban J connectivity index is 1.65. The van der Waals surface area contributed by atoms with Gasteiger partial charge in [-0.15, -0.1) is 0 Å². The molecule has 0 bridgehead atoms. The molecule has 3 nitrogen and oxygen atoms in total. The second-order valence-electron chi connectivity index (χ2n) is 8.58. The fourth-order valence-electron chi connectivity index (χ4n) is 4.67. The predicted octanol–water partition coefficient (Wildman–Crippen LogP) is 2.43. The van der Waals surface area contributed by atoms with E-state index in [4.69, 9.17) is 0 Å². The molecule has 3 heteroatoms. The molecule has 0 aromatic heterocycles. The van der Waals surface area contributed by atoms with Gasteiger partial charge in [-0.25, -0.2) is 0 Å². The van der Waals surface area contributed by atoms with Crippen LogP contribution in [-0.4, -0.2) is 61.2 Å². The first-order valence-corrected chi connectivity index (χ1v) is 9.15. The maximum Gasteiger partial charge on any atom is 0.0309 e. The number of nitrogens with zero attached hydrogens (tertiary/aromatic N) is 2. The Morgan fingerprint density at radius 3 is 2.62 bits per heavy atom. The van der Waals surface area contributed by atoms with Gasteiger partial charge in [-0.1, -0.05) is 13.8 Å². The molecule has 3 aliphatic rings. The SMILES string of the molecule is CC(C)C1CNC(C)(C2CC2)CN1CC1CCCN(C)C1. The first kappa shape index (κ1) is 15.8. The molecule has 21 heavy (non-hydrogen) atoms. The molecular formula is C18H35N3. The lowest BCUT2D eigenvalue weighted by Gasteiger charge is -2.49. The summed E-state index contributed by atoms with van der Waals surface area (Å²) in [4.78, 5) is 5.38. The smallest absolute Gasteiger partial charge is 0.0309 e. The second-order valence-corrected chi connectivity index (χ2v) is 8.58. The fraction of sp³-hybridized carbons (Fsp3) is 1.00. The van der Waals surface area contributed by atoms with Gasteiger partial charge in [-0.3, -0.25) is 4.90 Å². The van der Waals surface area contributed by atoms with Crippen LogP contribution in [-0.2, 0) is 0 Å². The fourth-order valence-corrected chi connectivity index (χ4v) is 4.67. The number of hydrogen-bond donors (Lipinski definition) is 1. The minimum atomic E-state index is 0.381. The van der Waals surface area contributed by atoms with Crippen LogP contribution in [0, 0.1) is 17.8 Å². The molecule has 3 rings (SSSR count). The van der Waals surface area contributed by atoms with E-state index in [1.54, 1.807) is 0 Å². The Morgan fingerprint density at radius 2 is 2.00 bits per heavy atom. The third-order valence-corrected chi connectivity index (χ3v) is 6.18. The maximum absolute atomic E-state index is 3.91. The summed E-state index contributed by atoms with van der Waals surface area (Å²) >= 11 is 0. The number of piperazine rings is 1. The lowest BCUT2D eigenvalue weighted by Crippen LogP contribution is -2.66. The molecule has 1 saturated carbocycles. The van der Waals surface area contributed by atoms with Crippen LogP contribution >= 0.6 is 0 Å². The van der Waals surface area contributed by atoms with Crippen LogP contribution in [0.1, 0.15) is 46.5 Å². The van der Waals surface area contributed by atoms with Gasteiger partial charge in [-0.2, -0.15) is 0 Å². The molecule has 1 aliphatic carbocycles. The number of piperidine rings is 1. The zero-order valence-corrected chi connectivity index (χ0v) is 14.6. The quantitative estimate of drug-likeness (QED) is 0.859. The van der Waals surface area contributed by atoms with Gasteiger partial charge in [0.15, 0.2) is 0 Å². The molecule has 0 spiro atoms. The molecule has 0 amide bonds. The van der Waals surface area contributed by atoms with E-state index in [0.717, 1.165) is 23.8 Å². The van der Waals surface area contributed by atoms with E-state index in [-0.39, 0.29) is 0 Å². The molecule has 0 radical (unpaired) electrons. The minimum absolute atomic E-state index is 0.381. The van der Waals surface area contributed by atoms with Crippen molar-refractivity contribution in [2.45, 2.75) is 58.0 Å². The van der Waals surface area contributed by atoms with Crippen molar-refractivity contribution in [2.75, 3.05) is 39.8 Å². The van der Waals surface area contributed by atoms with Gasteiger partial charge in [0.05, 0.1) is 0 Å². The van der Waals surface area contributed by atoms with Crippen LogP contribution < -0.4 is 5.32 Å². The standard InChI is InChI=1S/C18H35N3/c1-14(2)17-10-19-18(3,16-7-8-16)13-21(17)12-15-6-5-9-20(4)11-15/h14-17,19H,5-13H2,1-4H3. The van der Waals surface area contributed by atoms with Crippen molar-refractivity contribution in [1.29, 1.82) is 0 Å². The predicted molar refractivity (Wildman–Crippen MR) is 89.6 cm³/mol. The topological polar surface area (TPSA) is 18.5 Å². The van der Waals surface area contributed by atoms with Gasteiger partial charge in [0.1, 0.15) is 0 Å². The Hall–Kier alpha value is -0.120. The number of rotatable bonds is 4. The van der Waals surface area contributed by atoms with Gasteiger partial charge >= 0.3 is 0 Å². The second kappa shape index (κ2) is 6.17. The van der Waals surface area contributed by atoms with Crippen molar-refractivity contribution in [2.24, 2.45) is 17.8 Å². The summed E-state index contributed by atoms with van der Waals surface area (Å²) in [7, 11) is 2.29. The number of hydrogen-bond acceptors (Lipinski definition) is 3. The van der Waals surface area contributed by atoms with Crippen molar-refractivity contribution >= 4 is 0 Å². The van der Waals surface area contributed by atoms with Gasteiger partial charge in [0.2, 0.25) is 0 Å². The Labute approximate surface area is 131 Å². The largest absolute Gasteiger partial charge is 0.308 e. The van der Waals surface area contributed by atoms with Crippen molar-refractivity contribution in [3.05, 3.63) is 0 Å². The summed E-state index contributed by atoms with van der Waals surface area (Å²) in [5.41, 5.74) is 0.381. The summed E-state index contributed by atoms with van der Waals surface area (Å²) in [6.07, 6.45) is 5.70. The molecule has 0 aromatic rings. The molecule has 1 N–H and O–H groups in total. The zero-order chi connectivity index (χ0) is 15.0. The third kappa shape index (κ3) is 3.62. The van der Waals surface area contributed by atoms with Crippen LogP contribution in [0.25, 0.3) is 0 Å². The van der Waals surface area contributed by atoms with E-state index < -0.39 is 0 Å². The van der Waals surface area contributed by atoms with Gasteiger partial charge in [0.25, 0.3) is 0 Å². The average Bonchev–Trinajstić information content (AvgIpc) is 3.23. The highest BCUT2D eigenvalue weighted by Gasteiger charge is 2.46. The first-order chi connectivity index (χ1) is 9.98. The number of likely N-dealkylation sites (tertiary alicyclic amines) is 1. The van der Waals surface area contributed by atoms with Crippen molar-refractivity contribution in [1.82, 2.24) is 15.1 Å². The molecule has 122 valence electrons. The minimum Gasteiger partial charge on any atom is -0.308 e. The molecular weight excluding hydrogens is 258 g/mol. The van der Waals surface area contributed by atoms with Crippen LogP contribution in [0.5, 0.6) is 0 Å².